The molecule has 0 saturated carbocycles. The second-order valence-electron chi connectivity index (χ2n) is 9.46. The number of halogens is 5. The van der Waals surface area contributed by atoms with Gasteiger partial charge in [0.05, 0.1) is 35.2 Å². The largest absolute Gasteiger partial charge is 0.497 e. The molecule has 0 spiro atoms. The van der Waals surface area contributed by atoms with Crippen molar-refractivity contribution in [1.29, 1.82) is 0 Å². The van der Waals surface area contributed by atoms with Gasteiger partial charge in [-0.1, -0.05) is 23.4 Å². The van der Waals surface area contributed by atoms with Crippen LogP contribution in [0.3, 0.4) is 0 Å². The van der Waals surface area contributed by atoms with Crippen LogP contribution in [0.2, 0.25) is 5.02 Å². The molecule has 0 aliphatic carbocycles. The molecule has 6 nitrogen and oxygen atoms in total. The van der Waals surface area contributed by atoms with E-state index in [-0.39, 0.29) is 35.5 Å². The maximum Gasteiger partial charge on any atom is 0.249 e. The van der Waals surface area contributed by atoms with E-state index in [4.69, 9.17) is 16.3 Å². The molecule has 1 amide bonds. The fourth-order valence-electron chi connectivity index (χ4n) is 4.90. The predicted molar refractivity (Wildman–Crippen MR) is 138 cm³/mol. The van der Waals surface area contributed by atoms with E-state index in [0.717, 1.165) is 6.07 Å². The zero-order valence-corrected chi connectivity index (χ0v) is 21.8. The number of nitrogens with zero attached hydrogens (tertiary/aromatic N) is 2. The third kappa shape index (κ3) is 6.27. The van der Waals surface area contributed by atoms with E-state index in [9.17, 15) is 23.2 Å². The first-order valence-corrected chi connectivity index (χ1v) is 12.6. The number of pyridine rings is 1. The molecule has 1 fully saturated rings. The van der Waals surface area contributed by atoms with Crippen LogP contribution in [0.1, 0.15) is 43.0 Å². The van der Waals surface area contributed by atoms with Crippen LogP contribution in [0, 0.1) is 34.7 Å². The third-order valence-electron chi connectivity index (χ3n) is 7.17. The molecule has 1 unspecified atom stereocenters. The molecule has 11 heteroatoms. The summed E-state index contributed by atoms with van der Waals surface area (Å²) in [5.41, 5.74) is 1.11. The molecule has 0 radical (unpaired) electrons. The fourth-order valence-corrected chi connectivity index (χ4v) is 5.17. The highest BCUT2D eigenvalue weighted by molar-refractivity contribution is 6.32. The first-order valence-electron chi connectivity index (χ1n) is 12.2. The molecule has 1 aromatic heterocycles. The monoisotopic (exact) mass is 563 g/mol. The Labute approximate surface area is 227 Å². The van der Waals surface area contributed by atoms with Gasteiger partial charge in [0.15, 0.2) is 11.6 Å². The first-order chi connectivity index (χ1) is 18.7. The Kier molecular flexibility index (Phi) is 8.95. The molecule has 4 rings (SSSR count). The smallest absolute Gasteiger partial charge is 0.249 e. The second-order valence-corrected chi connectivity index (χ2v) is 9.86. The fraction of sp³-hybridized carbons (Fsp3) is 0.357. The summed E-state index contributed by atoms with van der Waals surface area (Å²) in [6, 6.07) is 6.35. The van der Waals surface area contributed by atoms with E-state index in [2.05, 4.69) is 16.8 Å². The minimum absolute atomic E-state index is 0.0340. The molecule has 206 valence electrons. The lowest BCUT2D eigenvalue weighted by atomic mass is 9.73. The Morgan fingerprint density at radius 1 is 1.26 bits per heavy atom. The molecule has 1 aliphatic heterocycles. The summed E-state index contributed by atoms with van der Waals surface area (Å²) in [6.07, 6.45) is 0.582. The van der Waals surface area contributed by atoms with E-state index < -0.39 is 34.9 Å². The normalized spacial score (nSPS) is 15.9. The number of amides is 1. The molecule has 0 bridgehead atoms. The van der Waals surface area contributed by atoms with Gasteiger partial charge >= 0.3 is 0 Å². The average Bonchev–Trinajstić information content (AvgIpc) is 2.94. The summed E-state index contributed by atoms with van der Waals surface area (Å²) in [7, 11) is 1.50. The molecule has 2 heterocycles. The van der Waals surface area contributed by atoms with Crippen molar-refractivity contribution in [2.24, 2.45) is 5.41 Å². The summed E-state index contributed by atoms with van der Waals surface area (Å²) < 4.78 is 61.5. The quantitative estimate of drug-likeness (QED) is 0.126. The van der Waals surface area contributed by atoms with Crippen molar-refractivity contribution >= 4 is 28.4 Å². The van der Waals surface area contributed by atoms with Gasteiger partial charge in [-0.05, 0) is 49.9 Å². The lowest BCUT2D eigenvalue weighted by Gasteiger charge is -2.40. The van der Waals surface area contributed by atoms with Crippen molar-refractivity contribution in [1.82, 2.24) is 15.4 Å². The minimum Gasteiger partial charge on any atom is -0.497 e. The Bertz CT molecular complexity index is 1440. The van der Waals surface area contributed by atoms with Crippen LogP contribution in [0.15, 0.2) is 36.5 Å². The topological polar surface area (TPSA) is 74.7 Å². The van der Waals surface area contributed by atoms with Crippen molar-refractivity contribution in [2.45, 2.75) is 31.9 Å². The number of ether oxygens (including phenoxy) is 1. The Balaban J connectivity index is 1.45. The van der Waals surface area contributed by atoms with Crippen LogP contribution in [0.4, 0.5) is 17.6 Å². The van der Waals surface area contributed by atoms with Gasteiger partial charge in [-0.15, -0.1) is 0 Å². The van der Waals surface area contributed by atoms with Crippen molar-refractivity contribution in [3.05, 3.63) is 70.1 Å². The Hall–Kier alpha value is -3.39. The number of benzene rings is 2. The van der Waals surface area contributed by atoms with E-state index in [1.54, 1.807) is 23.7 Å². The maximum absolute atomic E-state index is 15.7. The molecule has 1 atom stereocenters. The van der Waals surface area contributed by atoms with Crippen LogP contribution in [0.25, 0.3) is 10.9 Å². The number of fused-ring (bicyclic) bond motifs is 1. The number of rotatable bonds is 7. The highest BCUT2D eigenvalue weighted by atomic mass is 35.5. The van der Waals surface area contributed by atoms with Crippen molar-refractivity contribution < 1.29 is 32.3 Å². The molecular formula is C28H26ClF4N3O3. The Morgan fingerprint density at radius 3 is 2.69 bits per heavy atom. The third-order valence-corrected chi connectivity index (χ3v) is 7.47. The molecule has 2 N–H and O–H groups in total. The summed E-state index contributed by atoms with van der Waals surface area (Å²) >= 11 is 6.33. The average molecular weight is 564 g/mol. The van der Waals surface area contributed by atoms with Crippen LogP contribution in [-0.2, 0) is 4.79 Å². The minimum atomic E-state index is -1.51. The molecular weight excluding hydrogens is 538 g/mol. The van der Waals surface area contributed by atoms with E-state index in [1.165, 1.54) is 13.3 Å². The van der Waals surface area contributed by atoms with Gasteiger partial charge in [0.2, 0.25) is 5.91 Å². The SMILES string of the molecule is COc1ccc2ncc(Cl)c(C(F)CCC3(C(=O)NO)CCN(CC#Cc4cc(F)cc(F)c4F)CC3)c2c1. The highest BCUT2D eigenvalue weighted by Crippen LogP contribution is 2.42. The highest BCUT2D eigenvalue weighted by Gasteiger charge is 2.41. The predicted octanol–water partition coefficient (Wildman–Crippen LogP) is 5.74. The lowest BCUT2D eigenvalue weighted by Crippen LogP contribution is -2.48. The molecule has 2 aromatic carbocycles. The number of hydroxylamine groups is 1. The summed E-state index contributed by atoms with van der Waals surface area (Å²) in [4.78, 5) is 18.8. The first kappa shape index (κ1) is 28.6. The van der Waals surface area contributed by atoms with E-state index in [1.807, 2.05) is 4.90 Å². The summed E-state index contributed by atoms with van der Waals surface area (Å²) in [5.74, 6) is 1.60. The Morgan fingerprint density at radius 2 is 2.00 bits per heavy atom. The summed E-state index contributed by atoms with van der Waals surface area (Å²) in [6.45, 7) is 0.935. The maximum atomic E-state index is 15.7. The number of methoxy groups -OCH3 is 1. The van der Waals surface area contributed by atoms with E-state index >= 15 is 4.39 Å². The molecule has 39 heavy (non-hydrogen) atoms. The van der Waals surface area contributed by atoms with Crippen LogP contribution in [-0.4, -0.2) is 47.7 Å². The molecule has 3 aromatic rings. The lowest BCUT2D eigenvalue weighted by molar-refractivity contribution is -0.143. The van der Waals surface area contributed by atoms with Gasteiger partial charge in [0.25, 0.3) is 0 Å². The number of carbonyl (C=O) groups excluding carboxylic acids is 1. The van der Waals surface area contributed by atoms with Gasteiger partial charge in [0.1, 0.15) is 17.7 Å². The summed E-state index contributed by atoms with van der Waals surface area (Å²) in [5, 5.41) is 10.1. The number of piperidine rings is 1. The number of nitrogens with one attached hydrogen (secondary N) is 1. The van der Waals surface area contributed by atoms with Crippen LogP contribution >= 0.6 is 11.6 Å². The van der Waals surface area contributed by atoms with Gasteiger partial charge in [0, 0.05) is 36.3 Å². The number of likely N-dealkylation sites (tertiary alicyclic amines) is 1. The number of aromatic nitrogens is 1. The second kappa shape index (κ2) is 12.2. The zero-order chi connectivity index (χ0) is 28.2. The number of carbonyl (C=O) groups is 1. The zero-order valence-electron chi connectivity index (χ0n) is 21.0. The van der Waals surface area contributed by atoms with Gasteiger partial charge in [-0.2, -0.15) is 0 Å². The van der Waals surface area contributed by atoms with Gasteiger partial charge < -0.3 is 4.74 Å². The number of hydrogen-bond donors (Lipinski definition) is 2. The standard InChI is InChI=1S/C28H26ClF4N3O3/c1-39-19-4-5-24-20(15-19)25(21(29)16-34-24)22(31)6-7-28(27(37)35-38)8-11-36(12-9-28)10-2-3-17-13-18(30)14-23(32)26(17)33/h4-5,13-16,22,38H,6-12H2,1H3,(H,35,37). The van der Waals surface area contributed by atoms with Crippen molar-refractivity contribution in [2.75, 3.05) is 26.7 Å². The van der Waals surface area contributed by atoms with Crippen LogP contribution in [0.5, 0.6) is 5.75 Å². The van der Waals surface area contributed by atoms with Gasteiger partial charge in [-0.25, -0.2) is 23.0 Å². The number of alkyl halides is 1. The molecule has 1 aliphatic rings. The van der Waals surface area contributed by atoms with Gasteiger partial charge in [-0.3, -0.25) is 19.9 Å². The van der Waals surface area contributed by atoms with E-state index in [0.29, 0.717) is 48.6 Å². The number of hydrogen-bond acceptors (Lipinski definition) is 5. The van der Waals surface area contributed by atoms with Crippen LogP contribution < -0.4 is 10.2 Å². The van der Waals surface area contributed by atoms with Crippen molar-refractivity contribution in [3.8, 4) is 17.6 Å². The molecule has 1 saturated heterocycles. The van der Waals surface area contributed by atoms with Crippen molar-refractivity contribution in [3.63, 3.8) is 0 Å².